The van der Waals surface area contributed by atoms with Crippen LogP contribution in [0.15, 0.2) is 33.5 Å². The van der Waals surface area contributed by atoms with Crippen molar-refractivity contribution in [1.29, 1.82) is 0 Å². The summed E-state index contributed by atoms with van der Waals surface area (Å²) in [6.45, 7) is 1.79. The minimum atomic E-state index is -1.67. The number of carbonyl (C=O) groups excluding carboxylic acids is 1. The number of fused-ring (bicyclic) bond motifs is 1. The van der Waals surface area contributed by atoms with Crippen LogP contribution in [0.3, 0.4) is 0 Å². The molecule has 0 saturated carbocycles. The number of aliphatic hydroxyl groups is 1. The molecule has 2 aromatic rings. The highest BCUT2D eigenvalue weighted by Gasteiger charge is 2.22. The number of benzene rings is 1. The van der Waals surface area contributed by atoms with Gasteiger partial charge in [0, 0.05) is 18.1 Å². The summed E-state index contributed by atoms with van der Waals surface area (Å²) >= 11 is 0. The van der Waals surface area contributed by atoms with Crippen LogP contribution in [0.1, 0.15) is 17.3 Å². The summed E-state index contributed by atoms with van der Waals surface area (Å²) in [6.07, 6.45) is -1.67. The van der Waals surface area contributed by atoms with Crippen LogP contribution in [0.5, 0.6) is 5.75 Å². The van der Waals surface area contributed by atoms with Gasteiger partial charge in [-0.25, -0.2) is 4.79 Å². The van der Waals surface area contributed by atoms with Crippen molar-refractivity contribution in [2.45, 2.75) is 13.2 Å². The maximum absolute atomic E-state index is 11.9. The number of rotatable bonds is 5. The third-order valence-electron chi connectivity index (χ3n) is 2.76. The molecule has 0 radical (unpaired) electrons. The Balaban J connectivity index is 2.48. The average Bonchev–Trinajstić information content (AvgIpc) is 2.45. The van der Waals surface area contributed by atoms with E-state index in [2.05, 4.69) is 0 Å². The predicted molar refractivity (Wildman–Crippen MR) is 71.0 cm³/mol. The molecular weight excluding hydrogens is 264 g/mol. The zero-order valence-corrected chi connectivity index (χ0v) is 11.1. The molecule has 0 fully saturated rings. The van der Waals surface area contributed by atoms with E-state index in [0.29, 0.717) is 16.7 Å². The van der Waals surface area contributed by atoms with Crippen molar-refractivity contribution in [2.24, 2.45) is 0 Å². The minimum Gasteiger partial charge on any atom is -0.497 e. The lowest BCUT2D eigenvalue weighted by molar-refractivity contribution is -0.0676. The van der Waals surface area contributed by atoms with E-state index < -0.39 is 17.7 Å². The number of Topliss-reactive ketones (excluding diaryl/α,β-unsaturated/α-hetero) is 1. The van der Waals surface area contributed by atoms with Crippen LogP contribution in [0, 0.1) is 0 Å². The van der Waals surface area contributed by atoms with Crippen molar-refractivity contribution >= 4 is 16.8 Å². The summed E-state index contributed by atoms with van der Waals surface area (Å²) < 4.78 is 14.8. The fraction of sp³-hybridized carbons (Fsp3) is 0.286. The summed E-state index contributed by atoms with van der Waals surface area (Å²) in [7, 11) is 1.50. The third-order valence-corrected chi connectivity index (χ3v) is 2.76. The predicted octanol–water partition coefficient (Wildman–Crippen LogP) is 1.34. The van der Waals surface area contributed by atoms with Crippen molar-refractivity contribution in [3.8, 4) is 5.75 Å². The number of hydrogen-bond donors (Lipinski definition) is 1. The Kier molecular flexibility index (Phi) is 4.16. The van der Waals surface area contributed by atoms with Gasteiger partial charge in [-0.2, -0.15) is 0 Å². The fourth-order valence-electron chi connectivity index (χ4n) is 1.76. The van der Waals surface area contributed by atoms with Crippen molar-refractivity contribution in [3.05, 3.63) is 40.2 Å². The minimum absolute atomic E-state index is 0.156. The van der Waals surface area contributed by atoms with Gasteiger partial charge in [0.1, 0.15) is 16.9 Å². The lowest BCUT2D eigenvalue weighted by atomic mass is 10.1. The second-order valence-corrected chi connectivity index (χ2v) is 4.02. The molecule has 0 aliphatic carbocycles. The van der Waals surface area contributed by atoms with Crippen LogP contribution in [0.4, 0.5) is 0 Å². The Hall–Kier alpha value is -2.18. The lowest BCUT2D eigenvalue weighted by Gasteiger charge is -2.09. The van der Waals surface area contributed by atoms with Gasteiger partial charge in [0.2, 0.25) is 12.1 Å². The number of carbonyl (C=O) groups is 1. The van der Waals surface area contributed by atoms with E-state index >= 15 is 0 Å². The van der Waals surface area contributed by atoms with Crippen molar-refractivity contribution in [3.63, 3.8) is 0 Å². The van der Waals surface area contributed by atoms with Crippen molar-refractivity contribution in [2.75, 3.05) is 13.7 Å². The van der Waals surface area contributed by atoms with Crippen molar-refractivity contribution in [1.82, 2.24) is 0 Å². The molecule has 106 valence electrons. The van der Waals surface area contributed by atoms with Crippen LogP contribution in [-0.2, 0) is 4.74 Å². The van der Waals surface area contributed by atoms with E-state index in [4.69, 9.17) is 13.9 Å². The molecule has 0 amide bonds. The normalized spacial score (nSPS) is 12.3. The second kappa shape index (κ2) is 5.85. The van der Waals surface area contributed by atoms with Gasteiger partial charge in [-0.15, -0.1) is 0 Å². The maximum Gasteiger partial charge on any atom is 0.347 e. The van der Waals surface area contributed by atoms with Crippen LogP contribution < -0.4 is 10.4 Å². The first-order valence-corrected chi connectivity index (χ1v) is 6.02. The van der Waals surface area contributed by atoms with Gasteiger partial charge in [-0.05, 0) is 25.1 Å². The topological polar surface area (TPSA) is 86.0 Å². The molecule has 1 heterocycles. The van der Waals surface area contributed by atoms with Crippen LogP contribution in [0.25, 0.3) is 11.0 Å². The van der Waals surface area contributed by atoms with Gasteiger partial charge >= 0.3 is 5.63 Å². The molecule has 2 rings (SSSR count). The highest BCUT2D eigenvalue weighted by Crippen LogP contribution is 2.20. The first-order chi connectivity index (χ1) is 9.56. The zero-order valence-electron chi connectivity index (χ0n) is 11.1. The maximum atomic E-state index is 11.9. The molecule has 1 unspecified atom stereocenters. The number of ether oxygens (including phenoxy) is 2. The lowest BCUT2D eigenvalue weighted by Crippen LogP contribution is -2.28. The number of ketones is 1. The molecule has 1 N–H and O–H groups in total. The van der Waals surface area contributed by atoms with Gasteiger partial charge in [-0.1, -0.05) is 0 Å². The van der Waals surface area contributed by atoms with Crippen molar-refractivity contribution < 1.29 is 23.8 Å². The highest BCUT2D eigenvalue weighted by atomic mass is 16.6. The molecule has 0 aliphatic rings. The molecule has 1 aromatic carbocycles. The summed E-state index contributed by atoms with van der Waals surface area (Å²) in [5, 5.41) is 10.0. The average molecular weight is 278 g/mol. The first-order valence-electron chi connectivity index (χ1n) is 6.02. The third kappa shape index (κ3) is 2.71. The summed E-state index contributed by atoms with van der Waals surface area (Å²) in [5.74, 6) is -0.285. The molecule has 0 spiro atoms. The number of aliphatic hydroxyl groups excluding tert-OH is 1. The quantitative estimate of drug-likeness (QED) is 0.504. The molecule has 0 bridgehead atoms. The number of hydrogen-bond acceptors (Lipinski definition) is 6. The Labute approximate surface area is 114 Å². The molecular formula is C14H14O6. The van der Waals surface area contributed by atoms with Crippen LogP contribution in [-0.4, -0.2) is 30.9 Å². The second-order valence-electron chi connectivity index (χ2n) is 4.02. The first kappa shape index (κ1) is 14.2. The van der Waals surface area contributed by atoms with Crippen LogP contribution in [0.2, 0.25) is 0 Å². The van der Waals surface area contributed by atoms with Gasteiger partial charge in [-0.3, -0.25) is 4.79 Å². The number of methoxy groups -OCH3 is 1. The molecule has 1 atom stereocenters. The van der Waals surface area contributed by atoms with Gasteiger partial charge < -0.3 is 19.0 Å². The van der Waals surface area contributed by atoms with Gasteiger partial charge in [0.15, 0.2) is 0 Å². The van der Waals surface area contributed by atoms with E-state index in [1.807, 2.05) is 0 Å². The van der Waals surface area contributed by atoms with Gasteiger partial charge in [0.25, 0.3) is 0 Å². The smallest absolute Gasteiger partial charge is 0.347 e. The largest absolute Gasteiger partial charge is 0.497 e. The molecule has 0 aliphatic heterocycles. The summed E-state index contributed by atoms with van der Waals surface area (Å²) in [6, 6.07) is 6.24. The molecule has 6 nitrogen and oxygen atoms in total. The molecule has 0 saturated heterocycles. The Morgan fingerprint density at radius 3 is 2.80 bits per heavy atom. The van der Waals surface area contributed by atoms with E-state index in [1.165, 1.54) is 13.2 Å². The fourth-order valence-corrected chi connectivity index (χ4v) is 1.76. The van der Waals surface area contributed by atoms with E-state index in [0.717, 1.165) is 0 Å². The monoisotopic (exact) mass is 278 g/mol. The zero-order chi connectivity index (χ0) is 14.7. The molecule has 6 heteroatoms. The molecule has 20 heavy (non-hydrogen) atoms. The van der Waals surface area contributed by atoms with E-state index in [1.54, 1.807) is 25.1 Å². The van der Waals surface area contributed by atoms with Crippen LogP contribution >= 0.6 is 0 Å². The molecule has 1 aromatic heterocycles. The Morgan fingerprint density at radius 2 is 2.15 bits per heavy atom. The van der Waals surface area contributed by atoms with Gasteiger partial charge in [0.05, 0.1) is 7.11 Å². The SMILES string of the molecule is CCOC(O)C(=O)c1cc2ccc(OC)cc2oc1=O. The summed E-state index contributed by atoms with van der Waals surface area (Å²) in [4.78, 5) is 23.7. The Morgan fingerprint density at radius 1 is 1.40 bits per heavy atom. The highest BCUT2D eigenvalue weighted by molar-refractivity contribution is 6.00. The standard InChI is InChI=1S/C14H14O6/c1-3-19-14(17)12(15)10-6-8-4-5-9(18-2)7-11(8)20-13(10)16/h4-7,14,17H,3H2,1-2H3. The Bertz CT molecular complexity index is 688. The summed E-state index contributed by atoms with van der Waals surface area (Å²) in [5.41, 5.74) is -0.769. The van der Waals surface area contributed by atoms with E-state index in [-0.39, 0.29) is 12.2 Å². The van der Waals surface area contributed by atoms with E-state index in [9.17, 15) is 14.7 Å².